The highest BCUT2D eigenvalue weighted by atomic mass is 32.2. The predicted molar refractivity (Wildman–Crippen MR) is 63.3 cm³/mol. The molecule has 0 saturated carbocycles. The smallest absolute Gasteiger partial charge is 0.110 e. The lowest BCUT2D eigenvalue weighted by atomic mass is 10.0. The third-order valence-electron chi connectivity index (χ3n) is 2.69. The molecule has 0 aromatic heterocycles. The Bertz CT molecular complexity index is 318. The molecule has 1 aliphatic rings. The van der Waals surface area contributed by atoms with Crippen LogP contribution in [0.4, 0.5) is 0 Å². The standard InChI is InChI=1S/C12H16O3S/c1-8-12(14)10(13)7-11(15-8)16-9-5-3-2-4-6-9/h2-6,8,10-14H,7H2,1H3/t8-,10-,11-,12+/m0/s1. The summed E-state index contributed by atoms with van der Waals surface area (Å²) in [5, 5.41) is 19.2. The molecule has 2 rings (SSSR count). The zero-order valence-electron chi connectivity index (χ0n) is 9.11. The van der Waals surface area contributed by atoms with Crippen LogP contribution in [-0.2, 0) is 4.74 Å². The average molecular weight is 240 g/mol. The molecule has 0 radical (unpaired) electrons. The Balaban J connectivity index is 1.97. The van der Waals surface area contributed by atoms with Crippen molar-refractivity contribution in [1.29, 1.82) is 0 Å². The molecule has 4 heteroatoms. The first-order valence-electron chi connectivity index (χ1n) is 5.40. The quantitative estimate of drug-likeness (QED) is 0.825. The molecule has 16 heavy (non-hydrogen) atoms. The summed E-state index contributed by atoms with van der Waals surface area (Å²) in [5.74, 6) is 0. The summed E-state index contributed by atoms with van der Waals surface area (Å²) in [7, 11) is 0. The van der Waals surface area contributed by atoms with Gasteiger partial charge in [0.05, 0.1) is 12.2 Å². The second kappa shape index (κ2) is 5.19. The number of hydrogen-bond donors (Lipinski definition) is 2. The molecule has 88 valence electrons. The summed E-state index contributed by atoms with van der Waals surface area (Å²) in [6, 6.07) is 9.93. The number of hydrogen-bond acceptors (Lipinski definition) is 4. The number of rotatable bonds is 2. The molecule has 3 nitrogen and oxygen atoms in total. The summed E-state index contributed by atoms with van der Waals surface area (Å²) >= 11 is 1.58. The van der Waals surface area contributed by atoms with Crippen molar-refractivity contribution in [3.05, 3.63) is 30.3 Å². The summed E-state index contributed by atoms with van der Waals surface area (Å²) in [6.07, 6.45) is -1.31. The van der Waals surface area contributed by atoms with Crippen molar-refractivity contribution in [2.75, 3.05) is 0 Å². The van der Waals surface area contributed by atoms with E-state index >= 15 is 0 Å². The van der Waals surface area contributed by atoms with Crippen LogP contribution in [0.3, 0.4) is 0 Å². The first-order valence-corrected chi connectivity index (χ1v) is 6.28. The zero-order valence-corrected chi connectivity index (χ0v) is 9.93. The van der Waals surface area contributed by atoms with Crippen LogP contribution in [0.2, 0.25) is 0 Å². The second-order valence-corrected chi connectivity index (χ2v) is 5.23. The molecule has 1 saturated heterocycles. The van der Waals surface area contributed by atoms with Crippen molar-refractivity contribution in [1.82, 2.24) is 0 Å². The van der Waals surface area contributed by atoms with Crippen LogP contribution >= 0.6 is 11.8 Å². The largest absolute Gasteiger partial charge is 0.390 e. The van der Waals surface area contributed by atoms with E-state index in [2.05, 4.69) is 0 Å². The SMILES string of the molecule is C[C@@H]1O[C@@H](Sc2ccccc2)C[C@H](O)[C@@H]1O. The topological polar surface area (TPSA) is 49.7 Å². The van der Waals surface area contributed by atoms with Crippen molar-refractivity contribution in [3.63, 3.8) is 0 Å². The van der Waals surface area contributed by atoms with Gasteiger partial charge in [0.15, 0.2) is 0 Å². The Labute approximate surface area is 99.4 Å². The van der Waals surface area contributed by atoms with Gasteiger partial charge in [-0.3, -0.25) is 0 Å². The highest BCUT2D eigenvalue weighted by molar-refractivity contribution is 7.99. The predicted octanol–water partition coefficient (Wildman–Crippen LogP) is 1.64. The van der Waals surface area contributed by atoms with Crippen molar-refractivity contribution in [2.24, 2.45) is 0 Å². The molecule has 0 bridgehead atoms. The van der Waals surface area contributed by atoms with E-state index in [9.17, 15) is 10.2 Å². The first kappa shape index (κ1) is 11.9. The minimum Gasteiger partial charge on any atom is -0.390 e. The van der Waals surface area contributed by atoms with E-state index in [0.29, 0.717) is 6.42 Å². The van der Waals surface area contributed by atoms with Gasteiger partial charge in [-0.05, 0) is 19.1 Å². The maximum absolute atomic E-state index is 9.65. The maximum Gasteiger partial charge on any atom is 0.110 e. The Morgan fingerprint density at radius 1 is 1.25 bits per heavy atom. The van der Waals surface area contributed by atoms with Crippen molar-refractivity contribution >= 4 is 11.8 Å². The van der Waals surface area contributed by atoms with Crippen LogP contribution in [-0.4, -0.2) is 34.0 Å². The molecular weight excluding hydrogens is 224 g/mol. The van der Waals surface area contributed by atoms with Gasteiger partial charge in [-0.2, -0.15) is 0 Å². The van der Waals surface area contributed by atoms with Gasteiger partial charge in [-0.1, -0.05) is 30.0 Å². The number of aliphatic hydroxyl groups excluding tert-OH is 2. The van der Waals surface area contributed by atoms with Crippen LogP contribution in [0.5, 0.6) is 0 Å². The third-order valence-corrected chi connectivity index (χ3v) is 3.80. The number of ether oxygens (including phenoxy) is 1. The van der Waals surface area contributed by atoms with Crippen LogP contribution in [0.15, 0.2) is 35.2 Å². The highest BCUT2D eigenvalue weighted by Crippen LogP contribution is 2.32. The molecule has 1 fully saturated rings. The molecule has 0 unspecified atom stereocenters. The summed E-state index contributed by atoms with van der Waals surface area (Å²) in [4.78, 5) is 1.11. The number of thioether (sulfide) groups is 1. The Hall–Kier alpha value is -0.550. The molecule has 1 heterocycles. The summed E-state index contributed by atoms with van der Waals surface area (Å²) < 4.78 is 5.63. The Morgan fingerprint density at radius 3 is 2.56 bits per heavy atom. The zero-order chi connectivity index (χ0) is 11.5. The minimum atomic E-state index is -0.771. The van der Waals surface area contributed by atoms with E-state index in [0.717, 1.165) is 4.90 Å². The molecule has 0 aliphatic carbocycles. The van der Waals surface area contributed by atoms with Gasteiger partial charge < -0.3 is 14.9 Å². The molecule has 1 aromatic rings. The first-order chi connectivity index (χ1) is 7.66. The lowest BCUT2D eigenvalue weighted by molar-refractivity contribution is -0.137. The number of aliphatic hydroxyl groups is 2. The molecule has 2 N–H and O–H groups in total. The van der Waals surface area contributed by atoms with Crippen LogP contribution < -0.4 is 0 Å². The fourth-order valence-electron chi connectivity index (χ4n) is 1.75. The Morgan fingerprint density at radius 2 is 1.94 bits per heavy atom. The minimum absolute atomic E-state index is 0.0872. The van der Waals surface area contributed by atoms with Gasteiger partial charge in [0.25, 0.3) is 0 Å². The van der Waals surface area contributed by atoms with Gasteiger partial charge in [-0.15, -0.1) is 0 Å². The second-order valence-electron chi connectivity index (χ2n) is 4.00. The molecule has 1 aliphatic heterocycles. The van der Waals surface area contributed by atoms with Gasteiger partial charge >= 0.3 is 0 Å². The molecule has 0 amide bonds. The maximum atomic E-state index is 9.65. The molecule has 0 spiro atoms. The van der Waals surface area contributed by atoms with Gasteiger partial charge in [-0.25, -0.2) is 0 Å². The summed E-state index contributed by atoms with van der Waals surface area (Å²) in [5.41, 5.74) is -0.0872. The fraction of sp³-hybridized carbons (Fsp3) is 0.500. The third kappa shape index (κ3) is 2.77. The van der Waals surface area contributed by atoms with E-state index in [1.54, 1.807) is 18.7 Å². The highest BCUT2D eigenvalue weighted by Gasteiger charge is 2.34. The molecule has 4 atom stereocenters. The van der Waals surface area contributed by atoms with E-state index in [4.69, 9.17) is 4.74 Å². The van der Waals surface area contributed by atoms with Gasteiger partial charge in [0, 0.05) is 11.3 Å². The fourth-order valence-corrected chi connectivity index (χ4v) is 2.89. The normalized spacial score (nSPS) is 34.9. The lowest BCUT2D eigenvalue weighted by Crippen LogP contribution is -2.45. The van der Waals surface area contributed by atoms with E-state index in [1.807, 2.05) is 30.3 Å². The van der Waals surface area contributed by atoms with Gasteiger partial charge in [0.1, 0.15) is 11.5 Å². The molecular formula is C12H16O3S. The van der Waals surface area contributed by atoms with Crippen LogP contribution in [0.25, 0.3) is 0 Å². The molecule has 1 aromatic carbocycles. The summed E-state index contributed by atoms with van der Waals surface area (Å²) in [6.45, 7) is 1.78. The van der Waals surface area contributed by atoms with Crippen molar-refractivity contribution in [2.45, 2.75) is 42.0 Å². The number of benzene rings is 1. The lowest BCUT2D eigenvalue weighted by Gasteiger charge is -2.35. The van der Waals surface area contributed by atoms with Crippen molar-refractivity contribution < 1.29 is 14.9 Å². The van der Waals surface area contributed by atoms with Crippen LogP contribution in [0.1, 0.15) is 13.3 Å². The monoisotopic (exact) mass is 240 g/mol. The average Bonchev–Trinajstić information content (AvgIpc) is 2.27. The van der Waals surface area contributed by atoms with E-state index in [-0.39, 0.29) is 11.5 Å². The van der Waals surface area contributed by atoms with E-state index < -0.39 is 12.2 Å². The van der Waals surface area contributed by atoms with Crippen molar-refractivity contribution in [3.8, 4) is 0 Å². The Kier molecular flexibility index (Phi) is 3.86. The van der Waals surface area contributed by atoms with Gasteiger partial charge in [0.2, 0.25) is 0 Å². The van der Waals surface area contributed by atoms with Crippen LogP contribution in [0, 0.1) is 0 Å². The van der Waals surface area contributed by atoms with E-state index in [1.165, 1.54) is 0 Å².